The van der Waals surface area contributed by atoms with Gasteiger partial charge in [0, 0.05) is 0 Å². The smallest absolute Gasteiger partial charge is 0.345 e. The first-order chi connectivity index (χ1) is 4.59. The summed E-state index contributed by atoms with van der Waals surface area (Å²) in [6, 6.07) is 1.37. The number of nitriles is 1. The molecule has 0 aromatic heterocycles. The van der Waals surface area contributed by atoms with Crippen molar-refractivity contribution in [2.45, 2.75) is 0 Å². The normalized spacial score (nSPS) is 5.90. The third kappa shape index (κ3) is 9.44. The van der Waals surface area contributed by atoms with Gasteiger partial charge in [0.2, 0.25) is 0 Å². The highest BCUT2D eigenvalue weighted by molar-refractivity contribution is 5.90. The van der Waals surface area contributed by atoms with Crippen molar-refractivity contribution < 1.29 is 15.1 Å². The molecule has 0 atom stereocenters. The average Bonchev–Trinajstić information content (AvgIpc) is 1.88. The minimum Gasteiger partial charge on any atom is -0.477 e. The Morgan fingerprint density at radius 1 is 1.70 bits per heavy atom. The van der Waals surface area contributed by atoms with E-state index in [1.165, 1.54) is 11.4 Å². The zero-order valence-electron chi connectivity index (χ0n) is 4.81. The second-order valence-corrected chi connectivity index (χ2v) is 0.977. The SMILES string of the molecule is C=C(C#N)C(=O)O.O=NO. The Bertz CT molecular complexity index is 180. The van der Waals surface area contributed by atoms with Crippen LogP contribution in [0.2, 0.25) is 0 Å². The molecule has 6 nitrogen and oxygen atoms in total. The van der Waals surface area contributed by atoms with Gasteiger partial charge in [-0.05, 0) is 0 Å². The molecule has 54 valence electrons. The van der Waals surface area contributed by atoms with Gasteiger partial charge in [-0.1, -0.05) is 6.58 Å². The molecule has 6 heteroatoms. The molecule has 0 bridgehead atoms. The van der Waals surface area contributed by atoms with Crippen LogP contribution in [0.3, 0.4) is 0 Å². The number of rotatable bonds is 1. The molecular formula is C4H4N2O4. The molecule has 0 spiro atoms. The van der Waals surface area contributed by atoms with Crippen LogP contribution in [0, 0.1) is 16.2 Å². The number of aliphatic carboxylic acids is 1. The average molecular weight is 144 g/mol. The molecule has 0 aliphatic heterocycles. The van der Waals surface area contributed by atoms with E-state index in [-0.39, 0.29) is 0 Å². The van der Waals surface area contributed by atoms with E-state index in [2.05, 4.69) is 6.58 Å². The third-order valence-corrected chi connectivity index (χ3v) is 0.393. The lowest BCUT2D eigenvalue weighted by Crippen LogP contribution is -1.94. The van der Waals surface area contributed by atoms with Crippen molar-refractivity contribution in [1.29, 1.82) is 5.26 Å². The first kappa shape index (κ1) is 11.0. The van der Waals surface area contributed by atoms with Crippen molar-refractivity contribution in [1.82, 2.24) is 0 Å². The molecule has 0 amide bonds. The first-order valence-corrected chi connectivity index (χ1v) is 1.89. The van der Waals surface area contributed by atoms with Crippen molar-refractivity contribution in [3.8, 4) is 6.07 Å². The van der Waals surface area contributed by atoms with E-state index < -0.39 is 11.5 Å². The maximum absolute atomic E-state index is 9.61. The zero-order valence-corrected chi connectivity index (χ0v) is 4.81. The summed E-state index contributed by atoms with van der Waals surface area (Å²) in [7, 11) is 0. The Kier molecular flexibility index (Phi) is 7.79. The number of hydrogen-bond acceptors (Lipinski definition) is 4. The van der Waals surface area contributed by atoms with Crippen LogP contribution in [0.15, 0.2) is 17.5 Å². The molecule has 10 heavy (non-hydrogen) atoms. The number of nitrogens with zero attached hydrogens (tertiary/aromatic N) is 2. The molecule has 0 unspecified atom stereocenters. The van der Waals surface area contributed by atoms with Crippen LogP contribution in [0.4, 0.5) is 0 Å². The molecule has 2 N–H and O–H groups in total. The quantitative estimate of drug-likeness (QED) is 0.238. The zero-order chi connectivity index (χ0) is 8.57. The van der Waals surface area contributed by atoms with Crippen LogP contribution >= 0.6 is 0 Å². The summed E-state index contributed by atoms with van der Waals surface area (Å²) in [6.07, 6.45) is 0. The summed E-state index contributed by atoms with van der Waals surface area (Å²) >= 11 is 0. The second-order valence-electron chi connectivity index (χ2n) is 0.977. The van der Waals surface area contributed by atoms with E-state index in [1.807, 2.05) is 0 Å². The van der Waals surface area contributed by atoms with Crippen molar-refractivity contribution in [2.75, 3.05) is 0 Å². The van der Waals surface area contributed by atoms with Gasteiger partial charge in [-0.15, -0.1) is 4.91 Å². The summed E-state index contributed by atoms with van der Waals surface area (Å²) in [5, 5.41) is 23.5. The van der Waals surface area contributed by atoms with E-state index in [1.54, 1.807) is 0 Å². The van der Waals surface area contributed by atoms with Crippen LogP contribution in [-0.2, 0) is 4.79 Å². The lowest BCUT2D eigenvalue weighted by molar-refractivity contribution is -0.132. The summed E-state index contributed by atoms with van der Waals surface area (Å²) in [4.78, 5) is 17.7. The van der Waals surface area contributed by atoms with E-state index in [4.69, 9.17) is 20.5 Å². The summed E-state index contributed by atoms with van der Waals surface area (Å²) in [6.45, 7) is 2.91. The van der Waals surface area contributed by atoms with Gasteiger partial charge in [0.05, 0.1) is 0 Å². The fourth-order valence-corrected chi connectivity index (χ4v) is 0.0478. The number of hydrogen-bond donors (Lipinski definition) is 2. The minimum atomic E-state index is -1.26. The van der Waals surface area contributed by atoms with Crippen LogP contribution in [0.5, 0.6) is 0 Å². The van der Waals surface area contributed by atoms with Gasteiger partial charge < -0.3 is 10.3 Å². The van der Waals surface area contributed by atoms with Crippen LogP contribution in [0.25, 0.3) is 0 Å². The predicted octanol–water partition coefficient (Wildman–Crippen LogP) is 0.293. The number of carboxylic acid groups (broad SMARTS) is 1. The molecule has 0 heterocycles. The van der Waals surface area contributed by atoms with Crippen molar-refractivity contribution >= 4 is 5.97 Å². The maximum atomic E-state index is 9.61. The molecule has 0 saturated carbocycles. The van der Waals surface area contributed by atoms with Crippen molar-refractivity contribution in [3.63, 3.8) is 0 Å². The van der Waals surface area contributed by atoms with Gasteiger partial charge in [0.25, 0.3) is 0 Å². The highest BCUT2D eigenvalue weighted by Crippen LogP contribution is 1.81. The van der Waals surface area contributed by atoms with Gasteiger partial charge in [-0.25, -0.2) is 4.79 Å². The molecule has 0 aliphatic rings. The minimum absolute atomic E-state index is 0.431. The Morgan fingerprint density at radius 2 is 2.00 bits per heavy atom. The van der Waals surface area contributed by atoms with Gasteiger partial charge in [-0.2, -0.15) is 5.26 Å². The fourth-order valence-electron chi connectivity index (χ4n) is 0.0478. The lowest BCUT2D eigenvalue weighted by atomic mass is 10.4. The number of carboxylic acids is 1. The molecule has 0 aromatic carbocycles. The third-order valence-electron chi connectivity index (χ3n) is 0.393. The summed E-state index contributed by atoms with van der Waals surface area (Å²) < 4.78 is 0. The topological polar surface area (TPSA) is 111 Å². The summed E-state index contributed by atoms with van der Waals surface area (Å²) in [5.41, 5.74) is -0.431. The monoisotopic (exact) mass is 144 g/mol. The standard InChI is InChI=1S/C4H3NO2.HNO2/c1-3(2-5)4(6)7;2-1-3/h1H2,(H,6,7);(H,2,3). The molecular weight excluding hydrogens is 140 g/mol. The van der Waals surface area contributed by atoms with E-state index in [0.717, 1.165) is 0 Å². The Hall–Kier alpha value is -1.90. The first-order valence-electron chi connectivity index (χ1n) is 1.89. The van der Waals surface area contributed by atoms with Gasteiger partial charge in [-0.3, -0.25) is 0 Å². The molecule has 0 aromatic rings. The Labute approximate surface area is 55.9 Å². The molecule has 0 aliphatic carbocycles. The van der Waals surface area contributed by atoms with Gasteiger partial charge in [0.15, 0.2) is 5.34 Å². The highest BCUT2D eigenvalue weighted by atomic mass is 16.6. The molecule has 0 rings (SSSR count). The van der Waals surface area contributed by atoms with E-state index in [9.17, 15) is 4.79 Å². The Balaban J connectivity index is 0. The van der Waals surface area contributed by atoms with Crippen molar-refractivity contribution in [2.24, 2.45) is 5.34 Å². The van der Waals surface area contributed by atoms with Gasteiger partial charge >= 0.3 is 5.97 Å². The van der Waals surface area contributed by atoms with E-state index >= 15 is 0 Å². The summed E-state index contributed by atoms with van der Waals surface area (Å²) in [5.74, 6) is -1.26. The van der Waals surface area contributed by atoms with Crippen LogP contribution < -0.4 is 0 Å². The Morgan fingerprint density at radius 3 is 2.00 bits per heavy atom. The predicted molar refractivity (Wildman–Crippen MR) is 30.0 cm³/mol. The van der Waals surface area contributed by atoms with E-state index in [0.29, 0.717) is 0 Å². The van der Waals surface area contributed by atoms with Crippen LogP contribution in [-0.4, -0.2) is 16.3 Å². The largest absolute Gasteiger partial charge is 0.477 e. The van der Waals surface area contributed by atoms with Gasteiger partial charge in [0.1, 0.15) is 11.6 Å². The maximum Gasteiger partial charge on any atom is 0.345 e. The van der Waals surface area contributed by atoms with Crippen molar-refractivity contribution in [3.05, 3.63) is 17.1 Å². The molecule has 0 radical (unpaired) electrons. The second kappa shape index (κ2) is 7.10. The number of carbonyl (C=O) groups is 1. The fraction of sp³-hybridized carbons (Fsp3) is 0. The highest BCUT2D eigenvalue weighted by Gasteiger charge is 1.97. The lowest BCUT2D eigenvalue weighted by Gasteiger charge is -1.76. The van der Waals surface area contributed by atoms with Crippen LogP contribution in [0.1, 0.15) is 0 Å². The molecule has 0 saturated heterocycles. The molecule has 0 fully saturated rings.